The molecule has 0 aromatic carbocycles. The molecule has 1 saturated carbocycles. The summed E-state index contributed by atoms with van der Waals surface area (Å²) in [5, 5.41) is 0. The predicted molar refractivity (Wildman–Crippen MR) is 74.6 cm³/mol. The van der Waals surface area contributed by atoms with Gasteiger partial charge in [-0.15, -0.1) is 0 Å². The third-order valence-corrected chi connectivity index (χ3v) is 5.37. The van der Waals surface area contributed by atoms with Crippen molar-refractivity contribution < 1.29 is 9.47 Å². The van der Waals surface area contributed by atoms with Crippen LogP contribution in [0.2, 0.25) is 0 Å². The van der Waals surface area contributed by atoms with E-state index in [2.05, 4.69) is 5.43 Å². The molecule has 1 spiro atoms. The first-order chi connectivity index (χ1) is 9.31. The van der Waals surface area contributed by atoms with Crippen molar-refractivity contribution in [1.29, 1.82) is 0 Å². The van der Waals surface area contributed by atoms with Gasteiger partial charge in [0.25, 0.3) is 0 Å². The van der Waals surface area contributed by atoms with E-state index in [9.17, 15) is 0 Å². The minimum atomic E-state index is 0.214. The monoisotopic (exact) mass is 268 g/mol. The third kappa shape index (κ3) is 3.13. The lowest BCUT2D eigenvalue weighted by Crippen LogP contribution is -2.52. The summed E-state index contributed by atoms with van der Waals surface area (Å²) in [6, 6.07) is 0.393. The molecule has 3 fully saturated rings. The number of ether oxygens (including phenoxy) is 2. The zero-order valence-corrected chi connectivity index (χ0v) is 11.9. The Morgan fingerprint density at radius 3 is 2.68 bits per heavy atom. The van der Waals surface area contributed by atoms with Gasteiger partial charge in [0.2, 0.25) is 0 Å². The van der Waals surface area contributed by atoms with Gasteiger partial charge in [0.15, 0.2) is 0 Å². The lowest BCUT2D eigenvalue weighted by Gasteiger charge is -2.49. The van der Waals surface area contributed by atoms with Gasteiger partial charge in [-0.1, -0.05) is 0 Å². The van der Waals surface area contributed by atoms with E-state index in [-0.39, 0.29) is 5.60 Å². The first kappa shape index (κ1) is 13.8. The fourth-order valence-electron chi connectivity index (χ4n) is 4.00. The number of hydrazine groups is 1. The van der Waals surface area contributed by atoms with E-state index < -0.39 is 0 Å². The average Bonchev–Trinajstić information content (AvgIpc) is 2.44. The van der Waals surface area contributed by atoms with Crippen LogP contribution in [0.3, 0.4) is 0 Å². The second kappa shape index (κ2) is 6.08. The molecule has 3 unspecified atom stereocenters. The zero-order chi connectivity index (χ0) is 13.1. The molecule has 2 aliphatic heterocycles. The molecule has 4 nitrogen and oxygen atoms in total. The van der Waals surface area contributed by atoms with Crippen LogP contribution in [0.4, 0.5) is 0 Å². The maximum atomic E-state index is 6.02. The lowest BCUT2D eigenvalue weighted by atomic mass is 9.70. The van der Waals surface area contributed by atoms with Crippen molar-refractivity contribution in [2.75, 3.05) is 13.2 Å². The van der Waals surface area contributed by atoms with Crippen LogP contribution in [-0.4, -0.2) is 31.0 Å². The topological polar surface area (TPSA) is 56.5 Å². The number of hydrogen-bond acceptors (Lipinski definition) is 4. The van der Waals surface area contributed by atoms with Crippen molar-refractivity contribution in [1.82, 2.24) is 5.43 Å². The Morgan fingerprint density at radius 1 is 1.16 bits per heavy atom. The fraction of sp³-hybridized carbons (Fsp3) is 1.00. The number of nitrogens with two attached hydrogens (primary N) is 1. The fourth-order valence-corrected chi connectivity index (χ4v) is 4.00. The highest BCUT2D eigenvalue weighted by Gasteiger charge is 2.44. The summed E-state index contributed by atoms with van der Waals surface area (Å²) in [7, 11) is 0. The van der Waals surface area contributed by atoms with Gasteiger partial charge in [-0.05, 0) is 63.7 Å². The van der Waals surface area contributed by atoms with Crippen LogP contribution in [0.15, 0.2) is 0 Å². The van der Waals surface area contributed by atoms with Crippen LogP contribution in [0.5, 0.6) is 0 Å². The number of hydrogen-bond donors (Lipinski definition) is 2. The Kier molecular flexibility index (Phi) is 4.42. The highest BCUT2D eigenvalue weighted by atomic mass is 16.5. The Bertz CT molecular complexity index is 288. The van der Waals surface area contributed by atoms with E-state index in [0.717, 1.165) is 26.1 Å². The van der Waals surface area contributed by atoms with Gasteiger partial charge in [0, 0.05) is 19.3 Å². The minimum absolute atomic E-state index is 0.214. The van der Waals surface area contributed by atoms with Crippen molar-refractivity contribution >= 4 is 0 Å². The Balaban J connectivity index is 1.54. The summed E-state index contributed by atoms with van der Waals surface area (Å²) < 4.78 is 11.9. The van der Waals surface area contributed by atoms with E-state index in [4.69, 9.17) is 15.3 Å². The largest absolute Gasteiger partial charge is 0.378 e. The molecule has 4 heteroatoms. The van der Waals surface area contributed by atoms with Crippen LogP contribution in [0.1, 0.15) is 57.8 Å². The molecule has 3 aliphatic rings. The third-order valence-electron chi connectivity index (χ3n) is 5.37. The molecule has 2 saturated heterocycles. The molecule has 0 radical (unpaired) electrons. The lowest BCUT2D eigenvalue weighted by molar-refractivity contribution is -0.149. The van der Waals surface area contributed by atoms with Gasteiger partial charge in [0.1, 0.15) is 0 Å². The molecule has 0 aromatic rings. The van der Waals surface area contributed by atoms with E-state index in [1.807, 2.05) is 0 Å². The summed E-state index contributed by atoms with van der Waals surface area (Å²) in [5.74, 6) is 6.48. The summed E-state index contributed by atoms with van der Waals surface area (Å²) in [6.07, 6.45) is 11.4. The smallest absolute Gasteiger partial charge is 0.0685 e. The molecule has 110 valence electrons. The van der Waals surface area contributed by atoms with E-state index in [1.165, 1.54) is 44.9 Å². The van der Waals surface area contributed by atoms with Crippen LogP contribution in [0.25, 0.3) is 0 Å². The quantitative estimate of drug-likeness (QED) is 0.606. The normalized spacial score (nSPS) is 35.8. The zero-order valence-electron chi connectivity index (χ0n) is 11.9. The second-order valence-electron chi connectivity index (χ2n) is 6.64. The highest BCUT2D eigenvalue weighted by Crippen LogP contribution is 2.45. The van der Waals surface area contributed by atoms with Crippen molar-refractivity contribution in [2.24, 2.45) is 11.8 Å². The van der Waals surface area contributed by atoms with Crippen LogP contribution in [0, 0.1) is 5.92 Å². The van der Waals surface area contributed by atoms with Crippen LogP contribution >= 0.6 is 0 Å². The minimum Gasteiger partial charge on any atom is -0.378 e. The molecular formula is C15H28N2O2. The maximum absolute atomic E-state index is 6.02. The van der Waals surface area contributed by atoms with Gasteiger partial charge in [-0.2, -0.15) is 0 Å². The summed E-state index contributed by atoms with van der Waals surface area (Å²) >= 11 is 0. The van der Waals surface area contributed by atoms with Gasteiger partial charge in [0.05, 0.1) is 11.7 Å². The van der Waals surface area contributed by atoms with Crippen molar-refractivity contribution in [3.63, 3.8) is 0 Å². The summed E-state index contributed by atoms with van der Waals surface area (Å²) in [4.78, 5) is 0. The Morgan fingerprint density at radius 2 is 2.05 bits per heavy atom. The van der Waals surface area contributed by atoms with E-state index >= 15 is 0 Å². The van der Waals surface area contributed by atoms with E-state index in [1.54, 1.807) is 0 Å². The molecule has 19 heavy (non-hydrogen) atoms. The molecular weight excluding hydrogens is 240 g/mol. The van der Waals surface area contributed by atoms with Gasteiger partial charge >= 0.3 is 0 Å². The van der Waals surface area contributed by atoms with Gasteiger partial charge in [-0.25, -0.2) is 0 Å². The molecule has 0 amide bonds. The van der Waals surface area contributed by atoms with Crippen molar-refractivity contribution in [2.45, 2.75) is 75.5 Å². The molecule has 0 bridgehead atoms. The second-order valence-corrected chi connectivity index (χ2v) is 6.64. The first-order valence-electron chi connectivity index (χ1n) is 8.03. The summed E-state index contributed by atoms with van der Waals surface area (Å²) in [5.41, 5.74) is 3.28. The van der Waals surface area contributed by atoms with Gasteiger partial charge < -0.3 is 9.47 Å². The van der Waals surface area contributed by atoms with E-state index in [0.29, 0.717) is 18.1 Å². The molecule has 3 rings (SSSR count). The van der Waals surface area contributed by atoms with Crippen LogP contribution in [-0.2, 0) is 9.47 Å². The molecule has 2 heterocycles. The predicted octanol–water partition coefficient (Wildman–Crippen LogP) is 2.13. The molecule has 1 aliphatic carbocycles. The molecule has 0 aromatic heterocycles. The van der Waals surface area contributed by atoms with Crippen LogP contribution < -0.4 is 11.3 Å². The molecule has 3 atom stereocenters. The number of rotatable bonds is 4. The average molecular weight is 268 g/mol. The maximum Gasteiger partial charge on any atom is 0.0685 e. The highest BCUT2D eigenvalue weighted by molar-refractivity contribution is 4.96. The summed E-state index contributed by atoms with van der Waals surface area (Å²) in [6.45, 7) is 1.84. The Hall–Kier alpha value is -0.160. The Labute approximate surface area is 116 Å². The van der Waals surface area contributed by atoms with Crippen molar-refractivity contribution in [3.8, 4) is 0 Å². The first-order valence-corrected chi connectivity index (χ1v) is 8.03. The standard InChI is InChI=1S/C15H28N2O2/c16-17-14(10-13-4-1-2-8-18-13)12-5-9-19-15(11-12)6-3-7-15/h12-14,17H,1-11,16H2. The molecule has 3 N–H and O–H groups in total. The SMILES string of the molecule is NNC(CC1CCCCO1)C1CCOC2(CCC2)C1. The number of nitrogens with one attached hydrogen (secondary N) is 1. The van der Waals surface area contributed by atoms with Gasteiger partial charge in [-0.3, -0.25) is 11.3 Å². The van der Waals surface area contributed by atoms with Crippen molar-refractivity contribution in [3.05, 3.63) is 0 Å².